The molecule has 1 saturated carbocycles. The first-order valence-corrected chi connectivity index (χ1v) is 7.54. The number of hydrogen-bond donors (Lipinski definition) is 1. The van der Waals surface area contributed by atoms with Gasteiger partial charge in [0.25, 0.3) is 5.89 Å². The van der Waals surface area contributed by atoms with E-state index in [2.05, 4.69) is 34.5 Å². The molecule has 106 valence electrons. The van der Waals surface area contributed by atoms with Gasteiger partial charge >= 0.3 is 0 Å². The third-order valence-electron chi connectivity index (χ3n) is 4.05. The third kappa shape index (κ3) is 3.25. The molecule has 0 saturated heterocycles. The molecule has 0 atom stereocenters. The highest BCUT2D eigenvalue weighted by atomic mass is 16.5. The molecule has 3 rings (SSSR count). The molecule has 0 aliphatic heterocycles. The van der Waals surface area contributed by atoms with Gasteiger partial charge in [0.05, 0.1) is 6.04 Å². The van der Waals surface area contributed by atoms with Gasteiger partial charge in [-0.3, -0.25) is 0 Å². The largest absolute Gasteiger partial charge is 0.336 e. The summed E-state index contributed by atoms with van der Waals surface area (Å²) in [4.78, 5) is 4.49. The van der Waals surface area contributed by atoms with Crippen molar-refractivity contribution in [2.24, 2.45) is 0 Å². The fourth-order valence-corrected chi connectivity index (χ4v) is 2.80. The van der Waals surface area contributed by atoms with E-state index in [1.807, 2.05) is 12.1 Å². The number of nitrogens with two attached hydrogens (primary N) is 1. The predicted octanol–water partition coefficient (Wildman–Crippen LogP) is 2.44. The van der Waals surface area contributed by atoms with Crippen molar-refractivity contribution in [2.45, 2.75) is 51.6 Å². The molecule has 4 heteroatoms. The fraction of sp³-hybridized carbons (Fsp3) is 0.500. The molecule has 1 fully saturated rings. The van der Waals surface area contributed by atoms with Crippen molar-refractivity contribution in [2.75, 3.05) is 0 Å². The fourth-order valence-electron chi connectivity index (χ4n) is 2.80. The molecule has 0 radical (unpaired) electrons. The highest BCUT2D eigenvalue weighted by molar-refractivity contribution is 5.54. The second-order valence-electron chi connectivity index (χ2n) is 5.72. The van der Waals surface area contributed by atoms with Crippen LogP contribution in [0.15, 0.2) is 28.8 Å². The molecule has 1 aliphatic carbocycles. The summed E-state index contributed by atoms with van der Waals surface area (Å²) < 4.78 is 5.35. The summed E-state index contributed by atoms with van der Waals surface area (Å²) in [6.45, 7) is 2.87. The zero-order valence-corrected chi connectivity index (χ0v) is 12.0. The molecule has 1 heterocycles. The van der Waals surface area contributed by atoms with Crippen LogP contribution >= 0.6 is 0 Å². The Hall–Kier alpha value is -1.68. The van der Waals surface area contributed by atoms with E-state index in [0.717, 1.165) is 24.0 Å². The van der Waals surface area contributed by atoms with Crippen LogP contribution < -0.4 is 5.32 Å². The zero-order chi connectivity index (χ0) is 13.8. The lowest BCUT2D eigenvalue weighted by molar-refractivity contribution is -0.708. The van der Waals surface area contributed by atoms with Gasteiger partial charge in [0.2, 0.25) is 5.82 Å². The van der Waals surface area contributed by atoms with E-state index >= 15 is 0 Å². The Labute approximate surface area is 119 Å². The van der Waals surface area contributed by atoms with E-state index in [9.17, 15) is 0 Å². The maximum absolute atomic E-state index is 5.35. The van der Waals surface area contributed by atoms with E-state index in [4.69, 9.17) is 4.52 Å². The average Bonchev–Trinajstić information content (AvgIpc) is 2.96. The van der Waals surface area contributed by atoms with Crippen molar-refractivity contribution >= 4 is 0 Å². The lowest BCUT2D eigenvalue weighted by atomic mass is 9.95. The first-order valence-electron chi connectivity index (χ1n) is 7.54. The molecule has 1 aliphatic rings. The average molecular weight is 272 g/mol. The molecule has 2 aromatic rings. The van der Waals surface area contributed by atoms with Gasteiger partial charge in [0.1, 0.15) is 0 Å². The van der Waals surface area contributed by atoms with E-state index in [1.165, 1.54) is 37.7 Å². The minimum absolute atomic E-state index is 0.692. The Balaban J connectivity index is 1.60. The molecule has 0 bridgehead atoms. The quantitative estimate of drug-likeness (QED) is 0.930. The number of aryl methyl sites for hydroxylation is 1. The van der Waals surface area contributed by atoms with Crippen LogP contribution in [0.1, 0.15) is 43.6 Å². The van der Waals surface area contributed by atoms with Gasteiger partial charge in [-0.05, 0) is 32.6 Å². The van der Waals surface area contributed by atoms with Gasteiger partial charge in [0.15, 0.2) is 6.54 Å². The van der Waals surface area contributed by atoms with E-state index in [0.29, 0.717) is 5.82 Å². The molecular formula is C16H22N3O+. The van der Waals surface area contributed by atoms with Crippen molar-refractivity contribution in [1.29, 1.82) is 0 Å². The van der Waals surface area contributed by atoms with Crippen molar-refractivity contribution in [1.82, 2.24) is 10.1 Å². The standard InChI is InChI=1S/C16H21N3O/c1-12-7-9-13(10-8-12)16-18-15(20-19-16)11-17-14-5-3-2-4-6-14/h7-10,14,17H,2-6,11H2,1H3/p+1. The summed E-state index contributed by atoms with van der Waals surface area (Å²) in [6.07, 6.45) is 6.75. The van der Waals surface area contributed by atoms with Gasteiger partial charge in [-0.25, -0.2) is 0 Å². The van der Waals surface area contributed by atoms with Crippen LogP contribution in [0, 0.1) is 6.92 Å². The van der Waals surface area contributed by atoms with Crippen LogP contribution in [0.5, 0.6) is 0 Å². The Bertz CT molecular complexity index is 541. The minimum Gasteiger partial charge on any atom is -0.336 e. The van der Waals surface area contributed by atoms with Gasteiger partial charge in [-0.2, -0.15) is 4.98 Å². The SMILES string of the molecule is Cc1ccc(-c2noc(C[NH2+]C3CCCCC3)n2)cc1. The number of hydrogen-bond acceptors (Lipinski definition) is 3. The van der Waals surface area contributed by atoms with E-state index in [1.54, 1.807) is 0 Å². The maximum Gasteiger partial charge on any atom is 0.282 e. The van der Waals surface area contributed by atoms with Crippen molar-refractivity contribution in [3.8, 4) is 11.4 Å². The minimum atomic E-state index is 0.692. The topological polar surface area (TPSA) is 55.5 Å². The number of benzene rings is 1. The summed E-state index contributed by atoms with van der Waals surface area (Å²) in [5.74, 6) is 1.42. The Morgan fingerprint density at radius 2 is 1.90 bits per heavy atom. The number of rotatable bonds is 4. The summed E-state index contributed by atoms with van der Waals surface area (Å²) in [6, 6.07) is 8.95. The molecule has 20 heavy (non-hydrogen) atoms. The second kappa shape index (κ2) is 6.18. The molecular weight excluding hydrogens is 250 g/mol. The smallest absolute Gasteiger partial charge is 0.282 e. The van der Waals surface area contributed by atoms with E-state index < -0.39 is 0 Å². The number of quaternary nitrogens is 1. The normalized spacial score (nSPS) is 16.4. The van der Waals surface area contributed by atoms with Gasteiger partial charge in [-0.15, -0.1) is 0 Å². The van der Waals surface area contributed by atoms with Crippen molar-refractivity contribution < 1.29 is 9.84 Å². The maximum atomic E-state index is 5.35. The Morgan fingerprint density at radius 3 is 2.65 bits per heavy atom. The van der Waals surface area contributed by atoms with Crippen LogP contribution in [0.25, 0.3) is 11.4 Å². The second-order valence-corrected chi connectivity index (χ2v) is 5.72. The molecule has 0 amide bonds. The van der Waals surface area contributed by atoms with Crippen LogP contribution in [0.3, 0.4) is 0 Å². The third-order valence-corrected chi connectivity index (χ3v) is 4.05. The van der Waals surface area contributed by atoms with Crippen LogP contribution in [-0.2, 0) is 6.54 Å². The van der Waals surface area contributed by atoms with Gasteiger partial charge in [0, 0.05) is 5.56 Å². The number of aromatic nitrogens is 2. The predicted molar refractivity (Wildman–Crippen MR) is 77.0 cm³/mol. The first-order chi connectivity index (χ1) is 9.81. The lowest BCUT2D eigenvalue weighted by Gasteiger charge is -2.18. The van der Waals surface area contributed by atoms with Crippen LogP contribution in [0.4, 0.5) is 0 Å². The Kier molecular flexibility index (Phi) is 4.11. The molecule has 1 aromatic carbocycles. The van der Waals surface area contributed by atoms with Gasteiger partial charge in [-0.1, -0.05) is 41.4 Å². The lowest BCUT2D eigenvalue weighted by Crippen LogP contribution is -2.88. The molecule has 0 unspecified atom stereocenters. The summed E-state index contributed by atoms with van der Waals surface area (Å²) in [5.41, 5.74) is 2.26. The first kappa shape index (κ1) is 13.3. The van der Waals surface area contributed by atoms with Crippen molar-refractivity contribution in [3.05, 3.63) is 35.7 Å². The monoisotopic (exact) mass is 272 g/mol. The number of nitrogens with zero attached hydrogens (tertiary/aromatic N) is 2. The summed E-state index contributed by atoms with van der Waals surface area (Å²) in [7, 11) is 0. The van der Waals surface area contributed by atoms with Crippen LogP contribution in [0.2, 0.25) is 0 Å². The highest BCUT2D eigenvalue weighted by Crippen LogP contribution is 2.17. The van der Waals surface area contributed by atoms with Gasteiger partial charge < -0.3 is 9.84 Å². The van der Waals surface area contributed by atoms with Crippen molar-refractivity contribution in [3.63, 3.8) is 0 Å². The highest BCUT2D eigenvalue weighted by Gasteiger charge is 2.17. The zero-order valence-electron chi connectivity index (χ0n) is 12.0. The Morgan fingerprint density at radius 1 is 1.15 bits per heavy atom. The molecule has 0 spiro atoms. The molecule has 2 N–H and O–H groups in total. The van der Waals surface area contributed by atoms with Crippen LogP contribution in [-0.4, -0.2) is 16.2 Å². The molecule has 1 aromatic heterocycles. The van der Waals surface area contributed by atoms with E-state index in [-0.39, 0.29) is 0 Å². The molecule has 4 nitrogen and oxygen atoms in total. The summed E-state index contributed by atoms with van der Waals surface area (Å²) in [5, 5.41) is 6.43. The summed E-state index contributed by atoms with van der Waals surface area (Å²) >= 11 is 0.